The van der Waals surface area contributed by atoms with Gasteiger partial charge >= 0.3 is 5.97 Å². The Morgan fingerprint density at radius 1 is 1.67 bits per heavy atom. The fourth-order valence-corrected chi connectivity index (χ4v) is 2.58. The molecule has 2 rings (SSSR count). The van der Waals surface area contributed by atoms with Gasteiger partial charge in [-0.25, -0.2) is 0 Å². The van der Waals surface area contributed by atoms with Gasteiger partial charge in [-0.1, -0.05) is 0 Å². The van der Waals surface area contributed by atoms with Gasteiger partial charge in [0.15, 0.2) is 0 Å². The Labute approximate surface area is 98.9 Å². The number of carboxylic acids is 1. The van der Waals surface area contributed by atoms with Gasteiger partial charge in [-0.15, -0.1) is 12.4 Å². The van der Waals surface area contributed by atoms with Gasteiger partial charge in [-0.2, -0.15) is 11.3 Å². The molecule has 84 valence electrons. The van der Waals surface area contributed by atoms with E-state index < -0.39 is 5.97 Å². The Morgan fingerprint density at radius 3 is 3.00 bits per heavy atom. The number of aliphatic carboxylic acids is 1. The van der Waals surface area contributed by atoms with Crippen molar-refractivity contribution in [2.45, 2.75) is 18.9 Å². The quantitative estimate of drug-likeness (QED) is 0.856. The molecule has 0 aromatic carbocycles. The molecule has 1 aliphatic heterocycles. The van der Waals surface area contributed by atoms with Gasteiger partial charge in [-0.3, -0.25) is 4.79 Å². The van der Waals surface area contributed by atoms with Crippen LogP contribution >= 0.6 is 23.7 Å². The monoisotopic (exact) mass is 247 g/mol. The molecule has 1 fully saturated rings. The third-order valence-corrected chi connectivity index (χ3v) is 3.36. The normalized spacial score (nSPS) is 24.8. The largest absolute Gasteiger partial charge is 0.480 e. The lowest BCUT2D eigenvalue weighted by Crippen LogP contribution is -2.29. The SMILES string of the molecule is Cl.O=C(O)[C@@H]1C[C@@H](Cc2ccsc2)CN1. The summed E-state index contributed by atoms with van der Waals surface area (Å²) < 4.78 is 0. The molecule has 2 heterocycles. The van der Waals surface area contributed by atoms with Gasteiger partial charge in [0.1, 0.15) is 6.04 Å². The van der Waals surface area contributed by atoms with Crippen molar-refractivity contribution in [3.63, 3.8) is 0 Å². The summed E-state index contributed by atoms with van der Waals surface area (Å²) >= 11 is 1.69. The average molecular weight is 248 g/mol. The van der Waals surface area contributed by atoms with E-state index >= 15 is 0 Å². The van der Waals surface area contributed by atoms with Gasteiger partial charge in [0.05, 0.1) is 0 Å². The number of rotatable bonds is 3. The molecule has 1 aromatic rings. The van der Waals surface area contributed by atoms with Crippen LogP contribution < -0.4 is 5.32 Å². The Kier molecular flexibility index (Phi) is 4.57. The molecular weight excluding hydrogens is 234 g/mol. The topological polar surface area (TPSA) is 49.3 Å². The number of carbonyl (C=O) groups is 1. The van der Waals surface area contributed by atoms with Crippen LogP contribution in [-0.4, -0.2) is 23.7 Å². The Bertz CT molecular complexity index is 315. The molecule has 0 saturated carbocycles. The van der Waals surface area contributed by atoms with Crippen LogP contribution in [0, 0.1) is 5.92 Å². The molecule has 2 N–H and O–H groups in total. The molecule has 15 heavy (non-hydrogen) atoms. The maximum atomic E-state index is 10.7. The summed E-state index contributed by atoms with van der Waals surface area (Å²) in [6.45, 7) is 0.826. The van der Waals surface area contributed by atoms with Crippen LogP contribution in [0.1, 0.15) is 12.0 Å². The highest BCUT2D eigenvalue weighted by Crippen LogP contribution is 2.20. The predicted molar refractivity (Wildman–Crippen MR) is 62.8 cm³/mol. The minimum Gasteiger partial charge on any atom is -0.480 e. The summed E-state index contributed by atoms with van der Waals surface area (Å²) in [7, 11) is 0. The fourth-order valence-electron chi connectivity index (χ4n) is 1.89. The highest BCUT2D eigenvalue weighted by Gasteiger charge is 2.28. The number of halogens is 1. The number of nitrogens with one attached hydrogen (secondary N) is 1. The maximum Gasteiger partial charge on any atom is 0.320 e. The zero-order valence-electron chi connectivity index (χ0n) is 8.18. The molecule has 0 radical (unpaired) electrons. The summed E-state index contributed by atoms with van der Waals surface area (Å²) in [4.78, 5) is 10.7. The standard InChI is InChI=1S/C10H13NO2S.ClH/c12-10(13)9-4-8(5-11-9)3-7-1-2-14-6-7;/h1-2,6,8-9,11H,3-5H2,(H,12,13);1H/t8-,9+;/m1./s1. The van der Waals surface area contributed by atoms with Crippen molar-refractivity contribution in [1.82, 2.24) is 5.32 Å². The Hall–Kier alpha value is -0.580. The van der Waals surface area contributed by atoms with E-state index in [1.54, 1.807) is 11.3 Å². The molecule has 0 aliphatic carbocycles. The molecule has 1 aliphatic rings. The minimum absolute atomic E-state index is 0. The lowest BCUT2D eigenvalue weighted by molar-refractivity contribution is -0.139. The molecule has 0 unspecified atom stereocenters. The molecular formula is C10H14ClNO2S. The van der Waals surface area contributed by atoms with E-state index in [0.717, 1.165) is 19.4 Å². The fraction of sp³-hybridized carbons (Fsp3) is 0.500. The van der Waals surface area contributed by atoms with Crippen LogP contribution in [-0.2, 0) is 11.2 Å². The van der Waals surface area contributed by atoms with E-state index in [4.69, 9.17) is 5.11 Å². The van der Waals surface area contributed by atoms with Crippen molar-refractivity contribution >= 4 is 29.7 Å². The second-order valence-corrected chi connectivity index (χ2v) is 4.52. The number of hydrogen-bond donors (Lipinski definition) is 2. The zero-order valence-corrected chi connectivity index (χ0v) is 9.81. The second kappa shape index (κ2) is 5.49. The van der Waals surface area contributed by atoms with Gasteiger partial charge < -0.3 is 10.4 Å². The van der Waals surface area contributed by atoms with Crippen molar-refractivity contribution in [2.24, 2.45) is 5.92 Å². The molecule has 0 amide bonds. The van der Waals surface area contributed by atoms with E-state index in [2.05, 4.69) is 22.1 Å². The van der Waals surface area contributed by atoms with E-state index in [-0.39, 0.29) is 18.4 Å². The Balaban J connectivity index is 0.00000112. The van der Waals surface area contributed by atoms with E-state index in [1.807, 2.05) is 0 Å². The van der Waals surface area contributed by atoms with Crippen LogP contribution in [0.15, 0.2) is 16.8 Å². The summed E-state index contributed by atoms with van der Waals surface area (Å²) in [5.41, 5.74) is 1.33. The van der Waals surface area contributed by atoms with E-state index in [9.17, 15) is 4.79 Å². The first-order valence-electron chi connectivity index (χ1n) is 4.73. The van der Waals surface area contributed by atoms with Crippen LogP contribution in [0.25, 0.3) is 0 Å². The lowest BCUT2D eigenvalue weighted by Gasteiger charge is -2.05. The third-order valence-electron chi connectivity index (χ3n) is 2.62. The predicted octanol–water partition coefficient (Wildman–Crippen LogP) is 1.78. The lowest BCUT2D eigenvalue weighted by atomic mass is 9.98. The first-order valence-corrected chi connectivity index (χ1v) is 5.67. The zero-order chi connectivity index (χ0) is 9.97. The third kappa shape index (κ3) is 3.19. The van der Waals surface area contributed by atoms with Crippen molar-refractivity contribution in [3.8, 4) is 0 Å². The number of hydrogen-bond acceptors (Lipinski definition) is 3. The van der Waals surface area contributed by atoms with Gasteiger partial charge in [0.25, 0.3) is 0 Å². The maximum absolute atomic E-state index is 10.7. The average Bonchev–Trinajstić information content (AvgIpc) is 2.75. The van der Waals surface area contributed by atoms with Crippen LogP contribution in [0.5, 0.6) is 0 Å². The van der Waals surface area contributed by atoms with Gasteiger partial charge in [0, 0.05) is 0 Å². The highest BCUT2D eigenvalue weighted by atomic mass is 35.5. The minimum atomic E-state index is -0.724. The molecule has 5 heteroatoms. The van der Waals surface area contributed by atoms with Crippen LogP contribution in [0.4, 0.5) is 0 Å². The van der Waals surface area contributed by atoms with Gasteiger partial charge in [0.2, 0.25) is 0 Å². The summed E-state index contributed by atoms with van der Waals surface area (Å²) in [6, 6.07) is 1.78. The molecule has 0 spiro atoms. The van der Waals surface area contributed by atoms with Crippen molar-refractivity contribution in [2.75, 3.05) is 6.54 Å². The molecule has 0 bridgehead atoms. The first kappa shape index (κ1) is 12.5. The molecule has 3 nitrogen and oxygen atoms in total. The summed E-state index contributed by atoms with van der Waals surface area (Å²) in [5, 5.41) is 16.0. The molecule has 2 atom stereocenters. The van der Waals surface area contributed by atoms with E-state index in [0.29, 0.717) is 5.92 Å². The second-order valence-electron chi connectivity index (χ2n) is 3.74. The number of thiophene rings is 1. The smallest absolute Gasteiger partial charge is 0.320 e. The van der Waals surface area contributed by atoms with Crippen molar-refractivity contribution < 1.29 is 9.90 Å². The van der Waals surface area contributed by atoms with E-state index in [1.165, 1.54) is 5.56 Å². The molecule has 1 aromatic heterocycles. The summed E-state index contributed by atoms with van der Waals surface area (Å²) in [6.07, 6.45) is 1.76. The van der Waals surface area contributed by atoms with Crippen molar-refractivity contribution in [3.05, 3.63) is 22.4 Å². The highest BCUT2D eigenvalue weighted by molar-refractivity contribution is 7.07. The first-order chi connectivity index (χ1) is 6.75. The Morgan fingerprint density at radius 2 is 2.47 bits per heavy atom. The number of carboxylic acid groups (broad SMARTS) is 1. The molecule has 1 saturated heterocycles. The summed E-state index contributed by atoms with van der Waals surface area (Å²) in [5.74, 6) is -0.247. The van der Waals surface area contributed by atoms with Crippen LogP contribution in [0.2, 0.25) is 0 Å². The van der Waals surface area contributed by atoms with Gasteiger partial charge in [-0.05, 0) is 47.7 Å². The van der Waals surface area contributed by atoms with Crippen LogP contribution in [0.3, 0.4) is 0 Å². The van der Waals surface area contributed by atoms with Crippen molar-refractivity contribution in [1.29, 1.82) is 0 Å².